The van der Waals surface area contributed by atoms with E-state index in [0.29, 0.717) is 12.3 Å². The van der Waals surface area contributed by atoms with Gasteiger partial charge in [-0.1, -0.05) is 13.8 Å². The summed E-state index contributed by atoms with van der Waals surface area (Å²) in [5.74, 6) is 0.0218. The molecule has 0 aromatic carbocycles. The van der Waals surface area contributed by atoms with Crippen LogP contribution in [0, 0.1) is 5.92 Å². The maximum Gasteiger partial charge on any atom is 0.301 e. The molecule has 0 saturated heterocycles. The second-order valence-electron chi connectivity index (χ2n) is 2.80. The number of nitrogens with one attached hydrogen (secondary N) is 1. The number of hydrogen-bond acceptors (Lipinski definition) is 2. The second-order valence-corrected chi connectivity index (χ2v) is 2.80. The van der Waals surface area contributed by atoms with Crippen molar-refractivity contribution in [3.05, 3.63) is 0 Å². The van der Waals surface area contributed by atoms with Crippen molar-refractivity contribution in [3.8, 4) is 0 Å². The minimum atomic E-state index is -0.409. The zero-order valence-electron chi connectivity index (χ0n) is 6.42. The third-order valence-corrected chi connectivity index (χ3v) is 1.24. The van der Waals surface area contributed by atoms with E-state index in [1.807, 2.05) is 13.8 Å². The Balaban J connectivity index is 3.61. The van der Waals surface area contributed by atoms with E-state index in [-0.39, 0.29) is 6.04 Å². The predicted octanol–water partition coefficient (Wildman–Crippen LogP) is -0.852. The first-order valence-corrected chi connectivity index (χ1v) is 3.35. The van der Waals surface area contributed by atoms with Crippen LogP contribution in [0.3, 0.4) is 0 Å². The van der Waals surface area contributed by atoms with Crippen LogP contribution >= 0.6 is 0 Å². The van der Waals surface area contributed by atoms with Gasteiger partial charge in [0.25, 0.3) is 0 Å². The molecule has 0 saturated carbocycles. The van der Waals surface area contributed by atoms with E-state index in [1.165, 1.54) is 0 Å². The average molecular weight is 147 g/mol. The highest BCUT2D eigenvalue weighted by atomic mass is 16.5. The van der Waals surface area contributed by atoms with Gasteiger partial charge in [-0.25, -0.2) is 5.48 Å². The van der Waals surface area contributed by atoms with Crippen LogP contribution in [0.25, 0.3) is 0 Å². The molecule has 0 spiro atoms. The Kier molecular flexibility index (Phi) is 3.99. The molecule has 0 aromatic heterocycles. The highest BCUT2D eigenvalue weighted by Gasteiger charge is 2.16. The molecular formula is C6H15N2O2+. The molecule has 5 N–H and O–H groups in total. The lowest BCUT2D eigenvalue weighted by atomic mass is 10.0. The number of rotatable bonds is 3. The van der Waals surface area contributed by atoms with Crippen LogP contribution in [0.4, 0.5) is 0 Å². The summed E-state index contributed by atoms with van der Waals surface area (Å²) >= 11 is 0. The van der Waals surface area contributed by atoms with Crippen LogP contribution in [0.15, 0.2) is 0 Å². The summed E-state index contributed by atoms with van der Waals surface area (Å²) in [6, 6.07) is -0.343. The van der Waals surface area contributed by atoms with Gasteiger partial charge in [-0.05, 0) is 5.92 Å². The standard InChI is InChI=1S/C6H14N2O2/c1-4(2)3-5(7)6(9)8-10/h4-5,10H,3,7H2,1-2H3,(H,8,9)/p+1/t5-/m1/s1. The quantitative estimate of drug-likeness (QED) is 0.359. The van der Waals surface area contributed by atoms with E-state index in [2.05, 4.69) is 5.73 Å². The van der Waals surface area contributed by atoms with Gasteiger partial charge in [0.05, 0.1) is 0 Å². The summed E-state index contributed by atoms with van der Waals surface area (Å²) in [5, 5.41) is 8.18. The lowest BCUT2D eigenvalue weighted by Crippen LogP contribution is -2.67. The van der Waals surface area contributed by atoms with Crippen molar-refractivity contribution in [1.29, 1.82) is 0 Å². The van der Waals surface area contributed by atoms with E-state index in [0.717, 1.165) is 0 Å². The van der Waals surface area contributed by atoms with E-state index in [1.54, 1.807) is 5.48 Å². The van der Waals surface area contributed by atoms with Gasteiger partial charge in [0.1, 0.15) is 0 Å². The first-order chi connectivity index (χ1) is 4.57. The highest BCUT2D eigenvalue weighted by Crippen LogP contribution is 2.00. The number of hydroxylamine groups is 1. The Labute approximate surface area is 60.4 Å². The lowest BCUT2D eigenvalue weighted by molar-refractivity contribution is -0.407. The summed E-state index contributed by atoms with van der Waals surface area (Å²) in [6.07, 6.45) is 0.701. The van der Waals surface area contributed by atoms with Gasteiger partial charge in [-0.2, -0.15) is 0 Å². The van der Waals surface area contributed by atoms with Crippen LogP contribution in [0.5, 0.6) is 0 Å². The van der Waals surface area contributed by atoms with Gasteiger partial charge in [0, 0.05) is 6.42 Å². The average Bonchev–Trinajstić information content (AvgIpc) is 1.85. The fourth-order valence-corrected chi connectivity index (χ4v) is 0.767. The largest absolute Gasteiger partial charge is 0.347 e. The molecule has 60 valence electrons. The predicted molar refractivity (Wildman–Crippen MR) is 36.1 cm³/mol. The van der Waals surface area contributed by atoms with Crippen LogP contribution in [0.1, 0.15) is 20.3 Å². The molecular weight excluding hydrogens is 132 g/mol. The maximum atomic E-state index is 10.6. The number of carbonyl (C=O) groups excluding carboxylic acids is 1. The smallest absolute Gasteiger partial charge is 0.301 e. The Bertz CT molecular complexity index is 114. The highest BCUT2D eigenvalue weighted by molar-refractivity contribution is 5.78. The minimum Gasteiger partial charge on any atom is -0.347 e. The molecule has 0 aliphatic rings. The van der Waals surface area contributed by atoms with Gasteiger partial charge in [-0.15, -0.1) is 0 Å². The second kappa shape index (κ2) is 4.24. The van der Waals surface area contributed by atoms with Crippen molar-refractivity contribution >= 4 is 5.91 Å². The normalized spacial score (nSPS) is 13.3. The molecule has 0 heterocycles. The Morgan fingerprint density at radius 3 is 2.50 bits per heavy atom. The van der Waals surface area contributed by atoms with Crippen molar-refractivity contribution in [2.45, 2.75) is 26.3 Å². The number of quaternary nitrogens is 1. The van der Waals surface area contributed by atoms with E-state index < -0.39 is 5.91 Å². The minimum absolute atomic E-state index is 0.343. The summed E-state index contributed by atoms with van der Waals surface area (Å²) in [7, 11) is 0. The molecule has 0 bridgehead atoms. The zero-order chi connectivity index (χ0) is 8.15. The van der Waals surface area contributed by atoms with Gasteiger partial charge in [-0.3, -0.25) is 10.0 Å². The zero-order valence-corrected chi connectivity index (χ0v) is 6.42. The summed E-state index contributed by atoms with van der Waals surface area (Å²) in [4.78, 5) is 10.6. The SMILES string of the molecule is CC(C)C[C@@H]([NH3+])C(=O)NO. The summed E-state index contributed by atoms with van der Waals surface area (Å²) < 4.78 is 0. The first kappa shape index (κ1) is 9.39. The molecule has 1 amide bonds. The maximum absolute atomic E-state index is 10.6. The van der Waals surface area contributed by atoms with Gasteiger partial charge < -0.3 is 5.73 Å². The monoisotopic (exact) mass is 147 g/mol. The van der Waals surface area contributed by atoms with Gasteiger partial charge in [0.15, 0.2) is 6.04 Å². The molecule has 0 aromatic rings. The molecule has 0 rings (SSSR count). The van der Waals surface area contributed by atoms with E-state index in [4.69, 9.17) is 5.21 Å². The van der Waals surface area contributed by atoms with E-state index >= 15 is 0 Å². The summed E-state index contributed by atoms with van der Waals surface area (Å²) in [6.45, 7) is 4.01. The van der Waals surface area contributed by atoms with Crippen molar-refractivity contribution < 1.29 is 15.7 Å². The van der Waals surface area contributed by atoms with Crippen LogP contribution in [-0.2, 0) is 4.79 Å². The Morgan fingerprint density at radius 2 is 2.20 bits per heavy atom. The topological polar surface area (TPSA) is 77.0 Å². The molecule has 0 aliphatic heterocycles. The van der Waals surface area contributed by atoms with Gasteiger partial charge in [0.2, 0.25) is 0 Å². The lowest BCUT2D eigenvalue weighted by Gasteiger charge is -2.07. The van der Waals surface area contributed by atoms with Crippen molar-refractivity contribution in [2.24, 2.45) is 5.92 Å². The molecule has 4 nitrogen and oxygen atoms in total. The molecule has 0 aliphatic carbocycles. The fraction of sp³-hybridized carbons (Fsp3) is 0.833. The summed E-state index contributed by atoms with van der Waals surface area (Å²) in [5.41, 5.74) is 5.15. The molecule has 1 atom stereocenters. The third kappa shape index (κ3) is 3.42. The molecule has 4 heteroatoms. The van der Waals surface area contributed by atoms with Crippen LogP contribution in [0.2, 0.25) is 0 Å². The van der Waals surface area contributed by atoms with Crippen molar-refractivity contribution in [2.75, 3.05) is 0 Å². The van der Waals surface area contributed by atoms with E-state index in [9.17, 15) is 4.79 Å². The first-order valence-electron chi connectivity index (χ1n) is 3.35. The molecule has 0 unspecified atom stereocenters. The van der Waals surface area contributed by atoms with Gasteiger partial charge >= 0.3 is 5.91 Å². The molecule has 0 radical (unpaired) electrons. The number of hydrogen-bond donors (Lipinski definition) is 3. The fourth-order valence-electron chi connectivity index (χ4n) is 0.767. The Hall–Kier alpha value is -0.610. The van der Waals surface area contributed by atoms with Crippen LogP contribution in [-0.4, -0.2) is 17.2 Å². The van der Waals surface area contributed by atoms with Crippen LogP contribution < -0.4 is 11.2 Å². The molecule has 10 heavy (non-hydrogen) atoms. The van der Waals surface area contributed by atoms with Crippen molar-refractivity contribution in [3.63, 3.8) is 0 Å². The molecule has 0 fully saturated rings. The van der Waals surface area contributed by atoms with Crippen molar-refractivity contribution in [1.82, 2.24) is 5.48 Å². The Morgan fingerprint density at radius 1 is 1.70 bits per heavy atom. The third-order valence-electron chi connectivity index (χ3n) is 1.24. The number of carbonyl (C=O) groups is 1. The number of amides is 1.